The summed E-state index contributed by atoms with van der Waals surface area (Å²) in [6.45, 7) is 2.54. The van der Waals surface area contributed by atoms with Crippen molar-refractivity contribution in [2.45, 2.75) is 32.2 Å². The molecule has 1 aromatic heterocycles. The Bertz CT molecular complexity index is 299. The average molecular weight is 196 g/mol. The number of rotatable bonds is 3. The third-order valence-corrected chi connectivity index (χ3v) is 2.80. The molecule has 0 bridgehead atoms. The van der Waals surface area contributed by atoms with Gasteiger partial charge in [0.2, 0.25) is 0 Å². The molecule has 1 aliphatic carbocycles. The molecule has 0 aliphatic heterocycles. The number of hydrogen-bond acceptors (Lipinski definition) is 5. The minimum Gasteiger partial charge on any atom is -0.335 e. The minimum atomic E-state index is 0.403. The first-order valence-corrected chi connectivity index (χ1v) is 5.06. The zero-order chi connectivity index (χ0) is 9.97. The Morgan fingerprint density at radius 1 is 1.57 bits per heavy atom. The zero-order valence-corrected chi connectivity index (χ0v) is 8.36. The highest BCUT2D eigenvalue weighted by Crippen LogP contribution is 2.27. The van der Waals surface area contributed by atoms with Gasteiger partial charge in [-0.25, -0.2) is 0 Å². The smallest absolute Gasteiger partial charge is 0.321 e. The average Bonchev–Trinajstić information content (AvgIpc) is 2.76. The van der Waals surface area contributed by atoms with Gasteiger partial charge in [-0.2, -0.15) is 4.98 Å². The van der Waals surface area contributed by atoms with Crippen LogP contribution < -0.4 is 11.1 Å². The van der Waals surface area contributed by atoms with Crippen molar-refractivity contribution in [2.24, 2.45) is 11.7 Å². The molecule has 2 atom stereocenters. The molecule has 0 spiro atoms. The lowest BCUT2D eigenvalue weighted by atomic mass is 10.0. The molecule has 1 aromatic rings. The van der Waals surface area contributed by atoms with Crippen LogP contribution in [0.1, 0.15) is 25.1 Å². The van der Waals surface area contributed by atoms with E-state index in [1.807, 2.05) is 6.92 Å². The number of nitrogens with zero attached hydrogens (tertiary/aromatic N) is 2. The van der Waals surface area contributed by atoms with Crippen LogP contribution >= 0.6 is 0 Å². The fourth-order valence-corrected chi connectivity index (χ4v) is 2.02. The largest absolute Gasteiger partial charge is 0.335 e. The molecule has 2 rings (SSSR count). The van der Waals surface area contributed by atoms with Crippen molar-refractivity contribution in [2.75, 3.05) is 11.9 Å². The van der Waals surface area contributed by atoms with Gasteiger partial charge in [-0.3, -0.25) is 0 Å². The predicted octanol–water partition coefficient (Wildman–Crippen LogP) is 0.917. The van der Waals surface area contributed by atoms with Crippen LogP contribution in [0.5, 0.6) is 0 Å². The molecule has 0 radical (unpaired) electrons. The molecule has 5 heteroatoms. The molecule has 3 N–H and O–H groups in total. The van der Waals surface area contributed by atoms with Gasteiger partial charge in [-0.15, -0.1) is 0 Å². The number of aryl methyl sites for hydroxylation is 1. The molecule has 78 valence electrons. The summed E-state index contributed by atoms with van der Waals surface area (Å²) in [5, 5.41) is 6.97. The summed E-state index contributed by atoms with van der Waals surface area (Å²) in [5.41, 5.74) is 5.68. The summed E-state index contributed by atoms with van der Waals surface area (Å²) < 4.78 is 5.01. The van der Waals surface area contributed by atoms with Gasteiger partial charge in [0.1, 0.15) is 0 Å². The molecule has 1 saturated carbocycles. The molecule has 5 nitrogen and oxygen atoms in total. The summed E-state index contributed by atoms with van der Waals surface area (Å²) in [6.07, 6.45) is 3.57. The van der Waals surface area contributed by atoms with E-state index in [4.69, 9.17) is 10.3 Å². The second-order valence-electron chi connectivity index (χ2n) is 3.82. The van der Waals surface area contributed by atoms with Gasteiger partial charge in [0.05, 0.1) is 0 Å². The number of aromatic nitrogens is 2. The van der Waals surface area contributed by atoms with Crippen LogP contribution in [0, 0.1) is 12.8 Å². The Morgan fingerprint density at radius 3 is 3.07 bits per heavy atom. The Labute approximate surface area is 83.1 Å². The van der Waals surface area contributed by atoms with E-state index < -0.39 is 0 Å². The predicted molar refractivity (Wildman–Crippen MR) is 52.8 cm³/mol. The van der Waals surface area contributed by atoms with Gasteiger partial charge in [0.25, 0.3) is 0 Å². The first-order valence-electron chi connectivity index (χ1n) is 5.06. The number of hydrogen-bond donors (Lipinski definition) is 2. The van der Waals surface area contributed by atoms with Crippen molar-refractivity contribution in [3.8, 4) is 0 Å². The molecule has 2 unspecified atom stereocenters. The van der Waals surface area contributed by atoms with Gasteiger partial charge < -0.3 is 15.6 Å². The molecule has 1 aliphatic rings. The van der Waals surface area contributed by atoms with Crippen LogP contribution in [0.2, 0.25) is 0 Å². The van der Waals surface area contributed by atoms with E-state index in [0.29, 0.717) is 23.8 Å². The van der Waals surface area contributed by atoms with Crippen molar-refractivity contribution in [3.05, 3.63) is 5.82 Å². The molecule has 14 heavy (non-hydrogen) atoms. The monoisotopic (exact) mass is 196 g/mol. The van der Waals surface area contributed by atoms with Gasteiger partial charge >= 0.3 is 6.01 Å². The maximum Gasteiger partial charge on any atom is 0.321 e. The van der Waals surface area contributed by atoms with Crippen molar-refractivity contribution < 1.29 is 4.52 Å². The van der Waals surface area contributed by atoms with E-state index in [2.05, 4.69) is 15.5 Å². The highest BCUT2D eigenvalue weighted by Gasteiger charge is 2.27. The third kappa shape index (κ3) is 1.87. The van der Waals surface area contributed by atoms with E-state index in [9.17, 15) is 0 Å². The number of nitrogens with one attached hydrogen (secondary N) is 1. The van der Waals surface area contributed by atoms with E-state index in [-0.39, 0.29) is 0 Å². The fourth-order valence-electron chi connectivity index (χ4n) is 2.02. The summed E-state index contributed by atoms with van der Waals surface area (Å²) >= 11 is 0. The fraction of sp³-hybridized carbons (Fsp3) is 0.778. The third-order valence-electron chi connectivity index (χ3n) is 2.80. The van der Waals surface area contributed by atoms with E-state index >= 15 is 0 Å². The summed E-state index contributed by atoms with van der Waals surface area (Å²) in [4.78, 5) is 4.11. The van der Waals surface area contributed by atoms with E-state index in [0.717, 1.165) is 13.0 Å². The minimum absolute atomic E-state index is 0.403. The Kier molecular flexibility index (Phi) is 2.67. The van der Waals surface area contributed by atoms with E-state index in [1.54, 1.807) is 0 Å². The highest BCUT2D eigenvalue weighted by molar-refractivity contribution is 5.21. The summed E-state index contributed by atoms with van der Waals surface area (Å²) in [6, 6.07) is 0.924. The van der Waals surface area contributed by atoms with Crippen molar-refractivity contribution in [1.82, 2.24) is 10.1 Å². The van der Waals surface area contributed by atoms with Crippen molar-refractivity contribution >= 4 is 6.01 Å². The molecule has 0 aromatic carbocycles. The number of anilines is 1. The molecular formula is C9H16N4O. The maximum absolute atomic E-state index is 5.68. The maximum atomic E-state index is 5.68. The second kappa shape index (κ2) is 3.96. The van der Waals surface area contributed by atoms with E-state index in [1.165, 1.54) is 12.8 Å². The molecular weight excluding hydrogens is 180 g/mol. The SMILES string of the molecule is Cc1noc(NC2CCCC2CN)n1. The lowest BCUT2D eigenvalue weighted by molar-refractivity contribution is 0.412. The first kappa shape index (κ1) is 9.45. The molecule has 0 amide bonds. The second-order valence-corrected chi connectivity index (χ2v) is 3.82. The van der Waals surface area contributed by atoms with Gasteiger partial charge in [0, 0.05) is 6.04 Å². The van der Waals surface area contributed by atoms with Gasteiger partial charge in [-0.05, 0) is 32.2 Å². The van der Waals surface area contributed by atoms with Crippen LogP contribution in [-0.4, -0.2) is 22.7 Å². The van der Waals surface area contributed by atoms with Crippen LogP contribution in [0.3, 0.4) is 0 Å². The molecule has 1 fully saturated rings. The quantitative estimate of drug-likeness (QED) is 0.751. The van der Waals surface area contributed by atoms with Gasteiger partial charge in [0.15, 0.2) is 5.82 Å². The molecule has 1 heterocycles. The van der Waals surface area contributed by atoms with Gasteiger partial charge in [-0.1, -0.05) is 11.6 Å². The number of nitrogens with two attached hydrogens (primary N) is 1. The Hall–Kier alpha value is -1.10. The normalized spacial score (nSPS) is 26.7. The Balaban J connectivity index is 1.96. The Morgan fingerprint density at radius 2 is 2.43 bits per heavy atom. The topological polar surface area (TPSA) is 77.0 Å². The first-order chi connectivity index (χ1) is 6.79. The van der Waals surface area contributed by atoms with Crippen LogP contribution in [0.15, 0.2) is 4.52 Å². The van der Waals surface area contributed by atoms with Crippen LogP contribution in [-0.2, 0) is 0 Å². The summed E-state index contributed by atoms with van der Waals surface area (Å²) in [7, 11) is 0. The van der Waals surface area contributed by atoms with Crippen LogP contribution in [0.25, 0.3) is 0 Å². The standard InChI is InChI=1S/C9H16N4O/c1-6-11-9(14-13-6)12-8-4-2-3-7(8)5-10/h7-8H,2-5,10H2,1H3,(H,11,12,13). The lowest BCUT2D eigenvalue weighted by Gasteiger charge is -2.17. The van der Waals surface area contributed by atoms with Crippen molar-refractivity contribution in [1.29, 1.82) is 0 Å². The zero-order valence-electron chi connectivity index (χ0n) is 8.36. The molecule has 0 saturated heterocycles. The van der Waals surface area contributed by atoms with Crippen molar-refractivity contribution in [3.63, 3.8) is 0 Å². The summed E-state index contributed by atoms with van der Waals surface area (Å²) in [5.74, 6) is 1.21. The highest BCUT2D eigenvalue weighted by atomic mass is 16.5. The lowest BCUT2D eigenvalue weighted by Crippen LogP contribution is -2.29. The van der Waals surface area contributed by atoms with Crippen LogP contribution in [0.4, 0.5) is 6.01 Å².